The topological polar surface area (TPSA) is 12.9 Å². The van der Waals surface area contributed by atoms with Crippen LogP contribution in [-0.2, 0) is 0 Å². The molecule has 0 aliphatic heterocycles. The van der Waals surface area contributed by atoms with E-state index in [0.29, 0.717) is 0 Å². The van der Waals surface area contributed by atoms with E-state index >= 15 is 0 Å². The molecule has 0 saturated heterocycles. The monoisotopic (exact) mass is 229 g/mol. The molecule has 0 aliphatic carbocycles. The van der Waals surface area contributed by atoms with Crippen molar-refractivity contribution in [2.24, 2.45) is 0 Å². The van der Waals surface area contributed by atoms with Gasteiger partial charge in [0.25, 0.3) is 0 Å². The first kappa shape index (κ1) is 9.60. The average Bonchev–Trinajstić information content (AvgIpc) is 2.46. The minimum Gasteiger partial charge on any atom is -0.256 e. The van der Waals surface area contributed by atoms with Gasteiger partial charge in [-0.05, 0) is 33.7 Å². The molecule has 0 aliphatic rings. The third-order valence-corrected chi connectivity index (χ3v) is 3.49. The second-order valence-corrected chi connectivity index (χ2v) is 4.52. The van der Waals surface area contributed by atoms with Crippen molar-refractivity contribution < 1.29 is 0 Å². The maximum absolute atomic E-state index is 4.44. The number of pyridine rings is 1. The summed E-state index contributed by atoms with van der Waals surface area (Å²) >= 11 is 0. The molecule has 0 spiro atoms. The van der Waals surface area contributed by atoms with Gasteiger partial charge in [0.2, 0.25) is 0 Å². The van der Waals surface area contributed by atoms with E-state index in [2.05, 4.69) is 59.6 Å². The Bertz CT molecular complexity index is 807. The van der Waals surface area contributed by atoms with E-state index in [1.165, 1.54) is 26.9 Å². The van der Waals surface area contributed by atoms with Crippen LogP contribution in [0, 0.1) is 0 Å². The van der Waals surface area contributed by atoms with E-state index in [1.807, 2.05) is 12.3 Å². The molecule has 0 fully saturated rings. The van der Waals surface area contributed by atoms with Crippen LogP contribution in [0.1, 0.15) is 0 Å². The molecule has 84 valence electrons. The van der Waals surface area contributed by atoms with Gasteiger partial charge in [0.15, 0.2) is 0 Å². The van der Waals surface area contributed by atoms with Crippen molar-refractivity contribution in [3.05, 3.63) is 66.9 Å². The molecule has 4 rings (SSSR count). The Hall–Kier alpha value is -2.41. The Morgan fingerprint density at radius 2 is 1.39 bits per heavy atom. The summed E-state index contributed by atoms with van der Waals surface area (Å²) in [6.07, 6.45) is 1.85. The highest BCUT2D eigenvalue weighted by Crippen LogP contribution is 2.30. The normalized spacial score (nSPS) is 11.3. The summed E-state index contributed by atoms with van der Waals surface area (Å²) in [7, 11) is 0. The summed E-state index contributed by atoms with van der Waals surface area (Å²) in [5.74, 6) is 0. The molecule has 0 radical (unpaired) electrons. The van der Waals surface area contributed by atoms with E-state index in [-0.39, 0.29) is 0 Å². The van der Waals surface area contributed by atoms with Crippen LogP contribution in [0.2, 0.25) is 0 Å². The van der Waals surface area contributed by atoms with Gasteiger partial charge in [-0.1, -0.05) is 48.5 Å². The highest BCUT2D eigenvalue weighted by atomic mass is 14.6. The maximum Gasteiger partial charge on any atom is 0.0708 e. The lowest BCUT2D eigenvalue weighted by atomic mass is 9.98. The van der Waals surface area contributed by atoms with Crippen LogP contribution < -0.4 is 0 Å². The van der Waals surface area contributed by atoms with Gasteiger partial charge in [-0.15, -0.1) is 0 Å². The molecule has 18 heavy (non-hydrogen) atoms. The predicted octanol–water partition coefficient (Wildman–Crippen LogP) is 4.54. The Morgan fingerprint density at radius 1 is 0.611 bits per heavy atom. The smallest absolute Gasteiger partial charge is 0.0708 e. The van der Waals surface area contributed by atoms with Gasteiger partial charge < -0.3 is 0 Å². The fourth-order valence-corrected chi connectivity index (χ4v) is 2.66. The number of aromatic nitrogens is 1. The average molecular weight is 229 g/mol. The molecule has 1 nitrogen and oxygen atoms in total. The SMILES string of the molecule is c1ccc2c(c1)ccc1ccc3ncccc3c12. The molecule has 0 atom stereocenters. The summed E-state index contributed by atoms with van der Waals surface area (Å²) in [5, 5.41) is 6.38. The van der Waals surface area contributed by atoms with Crippen LogP contribution >= 0.6 is 0 Å². The zero-order valence-electron chi connectivity index (χ0n) is 9.80. The van der Waals surface area contributed by atoms with Gasteiger partial charge in [0.05, 0.1) is 5.52 Å². The van der Waals surface area contributed by atoms with Crippen LogP contribution in [-0.4, -0.2) is 4.98 Å². The van der Waals surface area contributed by atoms with Crippen molar-refractivity contribution in [1.82, 2.24) is 4.98 Å². The third kappa shape index (κ3) is 1.25. The number of nitrogens with zero attached hydrogens (tertiary/aromatic N) is 1. The van der Waals surface area contributed by atoms with Crippen LogP contribution in [0.3, 0.4) is 0 Å². The molecule has 1 aromatic heterocycles. The second kappa shape index (κ2) is 3.54. The summed E-state index contributed by atoms with van der Waals surface area (Å²) in [4.78, 5) is 4.44. The summed E-state index contributed by atoms with van der Waals surface area (Å²) < 4.78 is 0. The van der Waals surface area contributed by atoms with Crippen LogP contribution in [0.4, 0.5) is 0 Å². The van der Waals surface area contributed by atoms with Crippen molar-refractivity contribution in [3.63, 3.8) is 0 Å². The summed E-state index contributed by atoms with van der Waals surface area (Å²) in [6.45, 7) is 0. The molecule has 1 heterocycles. The van der Waals surface area contributed by atoms with E-state index in [1.54, 1.807) is 0 Å². The van der Waals surface area contributed by atoms with Gasteiger partial charge in [-0.3, -0.25) is 4.98 Å². The number of hydrogen-bond acceptors (Lipinski definition) is 1. The quantitative estimate of drug-likeness (QED) is 0.403. The molecule has 0 unspecified atom stereocenters. The molecule has 0 amide bonds. The number of rotatable bonds is 0. The fourth-order valence-electron chi connectivity index (χ4n) is 2.66. The highest BCUT2D eigenvalue weighted by Gasteiger charge is 2.04. The Balaban J connectivity index is 2.38. The first-order valence-electron chi connectivity index (χ1n) is 6.09. The minimum atomic E-state index is 1.06. The number of hydrogen-bond donors (Lipinski definition) is 0. The standard InChI is InChI=1S/C17H11N/c1-2-5-14-12(4-1)7-8-13-9-10-16-15(17(13)14)6-3-11-18-16/h1-11H. The highest BCUT2D eigenvalue weighted by molar-refractivity contribution is 6.19. The van der Waals surface area contributed by atoms with Gasteiger partial charge in [-0.2, -0.15) is 0 Å². The van der Waals surface area contributed by atoms with Crippen molar-refractivity contribution in [2.45, 2.75) is 0 Å². The van der Waals surface area contributed by atoms with Crippen molar-refractivity contribution >= 4 is 32.4 Å². The van der Waals surface area contributed by atoms with Crippen molar-refractivity contribution in [2.75, 3.05) is 0 Å². The van der Waals surface area contributed by atoms with Gasteiger partial charge >= 0.3 is 0 Å². The van der Waals surface area contributed by atoms with Crippen LogP contribution in [0.25, 0.3) is 32.4 Å². The van der Waals surface area contributed by atoms with Crippen LogP contribution in [0.5, 0.6) is 0 Å². The van der Waals surface area contributed by atoms with Gasteiger partial charge in [-0.25, -0.2) is 0 Å². The van der Waals surface area contributed by atoms with Gasteiger partial charge in [0, 0.05) is 11.6 Å². The molecule has 0 N–H and O–H groups in total. The van der Waals surface area contributed by atoms with E-state index < -0.39 is 0 Å². The zero-order valence-corrected chi connectivity index (χ0v) is 9.80. The zero-order chi connectivity index (χ0) is 11.9. The van der Waals surface area contributed by atoms with E-state index in [9.17, 15) is 0 Å². The van der Waals surface area contributed by atoms with Gasteiger partial charge in [0.1, 0.15) is 0 Å². The Morgan fingerprint density at radius 3 is 2.39 bits per heavy atom. The van der Waals surface area contributed by atoms with Crippen molar-refractivity contribution in [1.29, 1.82) is 0 Å². The Labute approximate surface area is 105 Å². The summed E-state index contributed by atoms with van der Waals surface area (Å²) in [5.41, 5.74) is 1.06. The molecular weight excluding hydrogens is 218 g/mol. The first-order chi connectivity index (χ1) is 8.93. The molecule has 1 heteroatoms. The lowest BCUT2D eigenvalue weighted by Crippen LogP contribution is -1.82. The molecule has 3 aromatic carbocycles. The van der Waals surface area contributed by atoms with Crippen LogP contribution in [0.15, 0.2) is 66.9 Å². The lowest BCUT2D eigenvalue weighted by molar-refractivity contribution is 1.42. The van der Waals surface area contributed by atoms with Crippen molar-refractivity contribution in [3.8, 4) is 0 Å². The molecule has 4 aromatic rings. The minimum absolute atomic E-state index is 1.06. The fraction of sp³-hybridized carbons (Fsp3) is 0. The number of fused-ring (bicyclic) bond motifs is 5. The third-order valence-electron chi connectivity index (χ3n) is 3.49. The summed E-state index contributed by atoms with van der Waals surface area (Å²) in [6, 6.07) is 21.3. The Kier molecular flexibility index (Phi) is 1.89. The number of benzene rings is 3. The molecule has 0 bridgehead atoms. The predicted molar refractivity (Wildman–Crippen MR) is 76.8 cm³/mol. The maximum atomic E-state index is 4.44. The lowest BCUT2D eigenvalue weighted by Gasteiger charge is -2.07. The molecular formula is C17H11N. The molecule has 0 saturated carbocycles. The largest absolute Gasteiger partial charge is 0.256 e. The second-order valence-electron chi connectivity index (χ2n) is 4.52. The first-order valence-corrected chi connectivity index (χ1v) is 6.09. The van der Waals surface area contributed by atoms with E-state index in [4.69, 9.17) is 0 Å². The van der Waals surface area contributed by atoms with E-state index in [0.717, 1.165) is 5.52 Å².